The molecule has 0 aliphatic heterocycles. The largest absolute Gasteiger partial charge is 0.493 e. The Labute approximate surface area is 221 Å². The Hall–Kier alpha value is -4.09. The fraction of sp³-hybridized carbons (Fsp3) is 0.154. The average Bonchev–Trinajstić information content (AvgIpc) is 3.68. The topological polar surface area (TPSA) is 104 Å². The highest BCUT2D eigenvalue weighted by atomic mass is 32.2. The average molecular weight is 534 g/mol. The number of aryl methyl sites for hydroxylation is 1. The Balaban J connectivity index is 1.30. The third-order valence-electron chi connectivity index (χ3n) is 5.43. The summed E-state index contributed by atoms with van der Waals surface area (Å²) in [7, 11) is 3.18. The standard InChI is InChI=1S/C26H23N5O4S2/c1-16-6-9-18(10-7-16)31-24(21-5-4-12-35-21)29-30-26(31)37-15-23(32)28-25-27-19(14-36-25)17-8-11-20(33-2)22(13-17)34-3/h4-14H,15H2,1-3H3,(H,27,28,32). The molecule has 11 heteroatoms. The number of hydrogen-bond donors (Lipinski definition) is 1. The Morgan fingerprint density at radius 2 is 1.89 bits per heavy atom. The van der Waals surface area contributed by atoms with Crippen molar-refractivity contribution in [1.82, 2.24) is 19.7 Å². The van der Waals surface area contributed by atoms with E-state index in [1.807, 2.05) is 65.4 Å². The number of hydrogen-bond acceptors (Lipinski definition) is 9. The van der Waals surface area contributed by atoms with Gasteiger partial charge in [-0.15, -0.1) is 21.5 Å². The van der Waals surface area contributed by atoms with Gasteiger partial charge in [0, 0.05) is 16.6 Å². The SMILES string of the molecule is COc1ccc(-c2csc(NC(=O)CSc3nnc(-c4ccco4)n3-c3ccc(C)cc3)n2)cc1OC. The predicted octanol–water partition coefficient (Wildman–Crippen LogP) is 5.71. The van der Waals surface area contributed by atoms with E-state index < -0.39 is 0 Å². The van der Waals surface area contributed by atoms with Gasteiger partial charge >= 0.3 is 0 Å². The van der Waals surface area contributed by atoms with E-state index in [0.717, 1.165) is 22.5 Å². The van der Waals surface area contributed by atoms with Crippen LogP contribution in [0.1, 0.15) is 5.56 Å². The quantitative estimate of drug-likeness (QED) is 0.240. The highest BCUT2D eigenvalue weighted by Crippen LogP contribution is 2.34. The highest BCUT2D eigenvalue weighted by molar-refractivity contribution is 7.99. The Morgan fingerprint density at radius 3 is 2.62 bits per heavy atom. The summed E-state index contributed by atoms with van der Waals surface area (Å²) in [5.41, 5.74) is 3.61. The molecule has 37 heavy (non-hydrogen) atoms. The number of nitrogens with one attached hydrogen (secondary N) is 1. The molecule has 1 amide bonds. The van der Waals surface area contributed by atoms with E-state index in [1.165, 1.54) is 23.1 Å². The number of rotatable bonds is 9. The maximum atomic E-state index is 12.8. The van der Waals surface area contributed by atoms with E-state index in [0.29, 0.717) is 33.4 Å². The number of methoxy groups -OCH3 is 2. The molecule has 0 spiro atoms. The first kappa shape index (κ1) is 24.6. The van der Waals surface area contributed by atoms with Crippen LogP contribution in [0, 0.1) is 6.92 Å². The van der Waals surface area contributed by atoms with Crippen molar-refractivity contribution in [3.63, 3.8) is 0 Å². The molecular weight excluding hydrogens is 510 g/mol. The van der Waals surface area contributed by atoms with Crippen molar-refractivity contribution in [2.75, 3.05) is 25.3 Å². The van der Waals surface area contributed by atoms with Crippen molar-refractivity contribution < 1.29 is 18.7 Å². The molecule has 1 N–H and O–H groups in total. The van der Waals surface area contributed by atoms with Crippen molar-refractivity contribution in [1.29, 1.82) is 0 Å². The minimum absolute atomic E-state index is 0.132. The number of benzene rings is 2. The number of nitrogens with zero attached hydrogens (tertiary/aromatic N) is 4. The number of thioether (sulfide) groups is 1. The van der Waals surface area contributed by atoms with Crippen molar-refractivity contribution in [3.8, 4) is 40.0 Å². The van der Waals surface area contributed by atoms with Crippen LogP contribution in [0.5, 0.6) is 11.5 Å². The molecule has 0 bridgehead atoms. The zero-order valence-corrected chi connectivity index (χ0v) is 21.9. The molecule has 5 rings (SSSR count). The van der Waals surface area contributed by atoms with Crippen LogP contribution in [0.4, 0.5) is 5.13 Å². The van der Waals surface area contributed by atoms with Gasteiger partial charge in [-0.3, -0.25) is 9.36 Å². The summed E-state index contributed by atoms with van der Waals surface area (Å²) in [6.45, 7) is 2.03. The van der Waals surface area contributed by atoms with E-state index in [9.17, 15) is 4.79 Å². The third kappa shape index (κ3) is 5.37. The molecule has 3 aromatic heterocycles. The molecule has 0 saturated heterocycles. The van der Waals surface area contributed by atoms with Gasteiger partial charge in [0.25, 0.3) is 0 Å². The van der Waals surface area contributed by atoms with Gasteiger partial charge in [-0.05, 0) is 49.4 Å². The lowest BCUT2D eigenvalue weighted by molar-refractivity contribution is -0.113. The zero-order chi connectivity index (χ0) is 25.8. The molecule has 2 aromatic carbocycles. The van der Waals surface area contributed by atoms with E-state index in [-0.39, 0.29) is 11.7 Å². The first-order valence-corrected chi connectivity index (χ1v) is 13.1. The van der Waals surface area contributed by atoms with Crippen LogP contribution in [0.15, 0.2) is 75.8 Å². The van der Waals surface area contributed by atoms with Crippen molar-refractivity contribution >= 4 is 34.1 Å². The first-order chi connectivity index (χ1) is 18.1. The summed E-state index contributed by atoms with van der Waals surface area (Å²) in [5, 5.41) is 14.5. The molecule has 188 valence electrons. The number of thiazole rings is 1. The van der Waals surface area contributed by atoms with Crippen LogP contribution >= 0.6 is 23.1 Å². The summed E-state index contributed by atoms with van der Waals surface area (Å²) < 4.78 is 18.1. The smallest absolute Gasteiger partial charge is 0.236 e. The highest BCUT2D eigenvalue weighted by Gasteiger charge is 2.19. The molecule has 0 aliphatic carbocycles. The van der Waals surface area contributed by atoms with Crippen molar-refractivity contribution in [2.45, 2.75) is 12.1 Å². The second kappa shape index (κ2) is 10.9. The lowest BCUT2D eigenvalue weighted by Gasteiger charge is -2.09. The molecule has 0 unspecified atom stereocenters. The fourth-order valence-electron chi connectivity index (χ4n) is 3.60. The summed E-state index contributed by atoms with van der Waals surface area (Å²) in [6, 6.07) is 17.2. The van der Waals surface area contributed by atoms with Crippen LogP contribution < -0.4 is 14.8 Å². The van der Waals surface area contributed by atoms with Crippen molar-refractivity contribution in [2.24, 2.45) is 0 Å². The molecule has 0 atom stereocenters. The van der Waals surface area contributed by atoms with Gasteiger partial charge < -0.3 is 19.2 Å². The van der Waals surface area contributed by atoms with Crippen LogP contribution in [0.3, 0.4) is 0 Å². The Morgan fingerprint density at radius 1 is 1.08 bits per heavy atom. The number of aromatic nitrogens is 4. The second-order valence-corrected chi connectivity index (χ2v) is 9.70. The van der Waals surface area contributed by atoms with Crippen molar-refractivity contribution in [3.05, 3.63) is 71.8 Å². The van der Waals surface area contributed by atoms with Crippen LogP contribution in [-0.2, 0) is 4.79 Å². The number of carbonyl (C=O) groups excluding carboxylic acids is 1. The number of carbonyl (C=O) groups is 1. The van der Waals surface area contributed by atoms with Crippen LogP contribution in [0.25, 0.3) is 28.5 Å². The molecular formula is C26H23N5O4S2. The first-order valence-electron chi connectivity index (χ1n) is 11.2. The van der Waals surface area contributed by atoms with E-state index in [2.05, 4.69) is 20.5 Å². The predicted molar refractivity (Wildman–Crippen MR) is 144 cm³/mol. The molecule has 0 fully saturated rings. The van der Waals surface area contributed by atoms with Crippen LogP contribution in [0.2, 0.25) is 0 Å². The molecule has 0 radical (unpaired) electrons. The number of amides is 1. The van der Waals surface area contributed by atoms with Gasteiger partial charge in [-0.1, -0.05) is 29.5 Å². The van der Waals surface area contributed by atoms with Gasteiger partial charge in [0.05, 0.1) is 31.9 Å². The molecule has 9 nitrogen and oxygen atoms in total. The Kier molecular flexibility index (Phi) is 7.24. The number of furan rings is 1. The summed E-state index contributed by atoms with van der Waals surface area (Å²) in [6.07, 6.45) is 1.59. The lowest BCUT2D eigenvalue weighted by atomic mass is 10.1. The van der Waals surface area contributed by atoms with Gasteiger partial charge in [0.1, 0.15) is 0 Å². The second-order valence-electron chi connectivity index (χ2n) is 7.90. The minimum atomic E-state index is -0.198. The van der Waals surface area contributed by atoms with E-state index in [1.54, 1.807) is 26.5 Å². The summed E-state index contributed by atoms with van der Waals surface area (Å²) in [5.74, 6) is 2.34. The number of ether oxygens (including phenoxy) is 2. The van der Waals surface area contributed by atoms with E-state index in [4.69, 9.17) is 13.9 Å². The maximum Gasteiger partial charge on any atom is 0.236 e. The molecule has 0 saturated carbocycles. The Bertz CT molecular complexity index is 1510. The van der Waals surface area contributed by atoms with Gasteiger partial charge in [-0.25, -0.2) is 4.98 Å². The zero-order valence-electron chi connectivity index (χ0n) is 20.3. The fourth-order valence-corrected chi connectivity index (χ4v) is 5.09. The summed E-state index contributed by atoms with van der Waals surface area (Å²) in [4.78, 5) is 17.3. The number of anilines is 1. The lowest BCUT2D eigenvalue weighted by Crippen LogP contribution is -2.14. The minimum Gasteiger partial charge on any atom is -0.493 e. The van der Waals surface area contributed by atoms with E-state index >= 15 is 0 Å². The van der Waals surface area contributed by atoms with Gasteiger partial charge in [0.2, 0.25) is 11.7 Å². The third-order valence-corrected chi connectivity index (χ3v) is 7.12. The summed E-state index contributed by atoms with van der Waals surface area (Å²) >= 11 is 2.64. The molecule has 0 aliphatic rings. The van der Waals surface area contributed by atoms with Gasteiger partial charge in [0.15, 0.2) is 27.5 Å². The van der Waals surface area contributed by atoms with Gasteiger partial charge in [-0.2, -0.15) is 0 Å². The molecule has 3 heterocycles. The normalized spacial score (nSPS) is 10.9. The maximum absolute atomic E-state index is 12.8. The molecule has 5 aromatic rings. The monoisotopic (exact) mass is 533 g/mol. The van der Waals surface area contributed by atoms with Crippen LogP contribution in [-0.4, -0.2) is 45.6 Å².